The van der Waals surface area contributed by atoms with E-state index in [1.54, 1.807) is 13.0 Å². The number of hydrogen-bond acceptors (Lipinski definition) is 7. The van der Waals surface area contributed by atoms with E-state index in [0.29, 0.717) is 6.42 Å². The molecule has 1 aliphatic heterocycles. The smallest absolute Gasteiger partial charge is 0.272 e. The number of rotatable bonds is 6. The minimum absolute atomic E-state index is 0.0276. The van der Waals surface area contributed by atoms with Crippen LogP contribution in [-0.2, 0) is 16.1 Å². The van der Waals surface area contributed by atoms with Crippen molar-refractivity contribution in [3.05, 3.63) is 91.0 Å². The molecule has 0 bridgehead atoms. The highest BCUT2D eigenvalue weighted by atomic mass is 35.5. The number of nitrogens with zero attached hydrogens (tertiary/aromatic N) is 4. The molecule has 0 aromatic heterocycles. The second kappa shape index (κ2) is 9.26. The number of halogens is 1. The van der Waals surface area contributed by atoms with Crippen LogP contribution in [-0.4, -0.2) is 37.6 Å². The van der Waals surface area contributed by atoms with Gasteiger partial charge in [-0.15, -0.1) is 0 Å². The topological polar surface area (TPSA) is 144 Å². The Balaban J connectivity index is 1.80. The maximum absolute atomic E-state index is 13.6. The average molecular weight is 499 g/mol. The Labute approximate surface area is 203 Å². The van der Waals surface area contributed by atoms with E-state index in [1.165, 1.54) is 30.3 Å². The zero-order valence-electron chi connectivity index (χ0n) is 18.4. The van der Waals surface area contributed by atoms with Gasteiger partial charge in [0.25, 0.3) is 29.1 Å². The van der Waals surface area contributed by atoms with Crippen molar-refractivity contribution in [3.63, 3.8) is 0 Å². The van der Waals surface area contributed by atoms with E-state index in [4.69, 9.17) is 11.6 Å². The Morgan fingerprint density at radius 2 is 1.86 bits per heavy atom. The van der Waals surface area contributed by atoms with Crippen molar-refractivity contribution in [1.29, 1.82) is 0 Å². The second-order valence-corrected chi connectivity index (χ2v) is 8.78. The first-order valence-electron chi connectivity index (χ1n) is 10.6. The van der Waals surface area contributed by atoms with Gasteiger partial charge < -0.3 is 0 Å². The second-order valence-electron chi connectivity index (χ2n) is 8.34. The summed E-state index contributed by atoms with van der Waals surface area (Å²) in [6.45, 7) is 1.28. The number of benzene rings is 2. The molecule has 12 heteroatoms. The van der Waals surface area contributed by atoms with E-state index < -0.39 is 51.6 Å². The summed E-state index contributed by atoms with van der Waals surface area (Å²) in [6.07, 6.45) is 3.94. The molecule has 11 nitrogen and oxygen atoms in total. The van der Waals surface area contributed by atoms with Gasteiger partial charge in [0.2, 0.25) is 0 Å². The van der Waals surface area contributed by atoms with Crippen molar-refractivity contribution in [2.75, 3.05) is 0 Å². The van der Waals surface area contributed by atoms with Crippen molar-refractivity contribution in [2.45, 2.75) is 19.9 Å². The summed E-state index contributed by atoms with van der Waals surface area (Å²) in [5, 5.41) is 24.5. The van der Waals surface area contributed by atoms with Crippen molar-refractivity contribution >= 4 is 40.7 Å². The van der Waals surface area contributed by atoms with Gasteiger partial charge in [-0.3, -0.25) is 34.6 Å². The van der Waals surface area contributed by atoms with E-state index in [2.05, 4.69) is 0 Å². The summed E-state index contributed by atoms with van der Waals surface area (Å²) in [6, 6.07) is 8.64. The maximum Gasteiger partial charge on any atom is 0.275 e. The van der Waals surface area contributed by atoms with E-state index in [-0.39, 0.29) is 27.8 Å². The standard InChI is InChI=1S/C23H19ClN4O7/c1-13-4-2-7-18-20(13)23(31)26(22(18)30)25(12-15-8-9-16(24)11-19(15)28(34)35)21(29)14-5-3-6-17(10-14)27(32)33/h2-6,8-11,13,18,20H,7,12H2,1H3/t13-,18+,20+/m1/s1. The fraction of sp³-hybridized carbons (Fsp3) is 0.261. The molecule has 3 amide bonds. The summed E-state index contributed by atoms with van der Waals surface area (Å²) >= 11 is 5.90. The molecule has 0 saturated carbocycles. The van der Waals surface area contributed by atoms with Crippen LogP contribution in [0.2, 0.25) is 5.02 Å². The summed E-state index contributed by atoms with van der Waals surface area (Å²) in [5.41, 5.74) is -0.892. The minimum Gasteiger partial charge on any atom is -0.272 e. The fourth-order valence-electron chi connectivity index (χ4n) is 4.51. The Morgan fingerprint density at radius 3 is 2.51 bits per heavy atom. The van der Waals surface area contributed by atoms with Gasteiger partial charge in [0.1, 0.15) is 0 Å². The Bertz CT molecular complexity index is 1290. The van der Waals surface area contributed by atoms with Gasteiger partial charge in [-0.05, 0) is 30.5 Å². The Kier molecular flexibility index (Phi) is 6.35. The highest BCUT2D eigenvalue weighted by molar-refractivity contribution is 6.30. The van der Waals surface area contributed by atoms with Crippen LogP contribution in [0.15, 0.2) is 54.6 Å². The van der Waals surface area contributed by atoms with Crippen molar-refractivity contribution in [1.82, 2.24) is 10.0 Å². The number of imide groups is 1. The number of non-ortho nitro benzene ring substituents is 1. The lowest BCUT2D eigenvalue weighted by Gasteiger charge is -2.30. The van der Waals surface area contributed by atoms with Gasteiger partial charge in [-0.25, -0.2) is 5.01 Å². The quantitative estimate of drug-likeness (QED) is 0.254. The summed E-state index contributed by atoms with van der Waals surface area (Å²) in [5.74, 6) is -3.72. The average Bonchev–Trinajstić information content (AvgIpc) is 3.08. The largest absolute Gasteiger partial charge is 0.275 e. The van der Waals surface area contributed by atoms with Crippen LogP contribution in [0, 0.1) is 38.0 Å². The number of fused-ring (bicyclic) bond motifs is 1. The highest BCUT2D eigenvalue weighted by Gasteiger charge is 2.53. The molecule has 1 fully saturated rings. The lowest BCUT2D eigenvalue weighted by molar-refractivity contribution is -0.385. The van der Waals surface area contributed by atoms with E-state index in [0.717, 1.165) is 22.2 Å². The number of hydrogen-bond donors (Lipinski definition) is 0. The van der Waals surface area contributed by atoms with Gasteiger partial charge in [0.15, 0.2) is 0 Å². The van der Waals surface area contributed by atoms with Crippen LogP contribution in [0.1, 0.15) is 29.3 Å². The number of nitro benzene ring substituents is 2. The molecule has 2 aliphatic rings. The molecule has 35 heavy (non-hydrogen) atoms. The number of allylic oxidation sites excluding steroid dienone is 2. The molecule has 180 valence electrons. The van der Waals surface area contributed by atoms with Gasteiger partial charge in [0, 0.05) is 28.8 Å². The number of nitro groups is 2. The molecule has 3 atom stereocenters. The van der Waals surface area contributed by atoms with Crippen molar-refractivity contribution in [3.8, 4) is 0 Å². The first kappa shape index (κ1) is 24.0. The molecule has 2 aromatic rings. The number of hydrazine groups is 1. The molecule has 0 radical (unpaired) electrons. The van der Waals surface area contributed by atoms with Crippen LogP contribution in [0.25, 0.3) is 0 Å². The van der Waals surface area contributed by atoms with Crippen molar-refractivity contribution in [2.24, 2.45) is 17.8 Å². The molecule has 2 aromatic carbocycles. The number of carbonyl (C=O) groups is 3. The highest BCUT2D eigenvalue weighted by Crippen LogP contribution is 2.40. The van der Waals surface area contributed by atoms with Crippen LogP contribution in [0.5, 0.6) is 0 Å². The number of amides is 3. The Hall–Kier alpha value is -4.12. The normalized spacial score (nSPS) is 21.1. The SMILES string of the molecule is C[C@@H]1C=CC[C@@H]2C(=O)N(N(Cc3ccc(Cl)cc3[N+](=O)[O-])C(=O)c3cccc([N+](=O)[O-])c3)C(=O)[C@@H]12. The predicted octanol–water partition coefficient (Wildman–Crippen LogP) is 3.91. The molecule has 4 rings (SSSR count). The lowest BCUT2D eigenvalue weighted by Crippen LogP contribution is -2.50. The van der Waals surface area contributed by atoms with E-state index >= 15 is 0 Å². The summed E-state index contributed by atoms with van der Waals surface area (Å²) in [4.78, 5) is 61.8. The molecule has 1 saturated heterocycles. The zero-order chi connectivity index (χ0) is 25.4. The third kappa shape index (κ3) is 4.37. The zero-order valence-corrected chi connectivity index (χ0v) is 19.1. The molecule has 0 unspecified atom stereocenters. The van der Waals surface area contributed by atoms with Gasteiger partial charge >= 0.3 is 0 Å². The fourth-order valence-corrected chi connectivity index (χ4v) is 4.67. The molecular formula is C23H19ClN4O7. The lowest BCUT2D eigenvalue weighted by atomic mass is 9.78. The first-order chi connectivity index (χ1) is 16.6. The van der Waals surface area contributed by atoms with Crippen LogP contribution in [0.3, 0.4) is 0 Å². The van der Waals surface area contributed by atoms with Gasteiger partial charge in [-0.2, -0.15) is 5.01 Å². The first-order valence-corrected chi connectivity index (χ1v) is 11.0. The minimum atomic E-state index is -0.890. The van der Waals surface area contributed by atoms with Crippen LogP contribution < -0.4 is 0 Å². The molecule has 1 aliphatic carbocycles. The van der Waals surface area contributed by atoms with Gasteiger partial charge in [-0.1, -0.05) is 36.7 Å². The Morgan fingerprint density at radius 1 is 1.11 bits per heavy atom. The molecule has 0 spiro atoms. The molecular weight excluding hydrogens is 480 g/mol. The predicted molar refractivity (Wildman–Crippen MR) is 123 cm³/mol. The van der Waals surface area contributed by atoms with Crippen LogP contribution >= 0.6 is 11.6 Å². The number of carbonyl (C=O) groups excluding carboxylic acids is 3. The summed E-state index contributed by atoms with van der Waals surface area (Å²) in [7, 11) is 0. The third-order valence-corrected chi connectivity index (χ3v) is 6.43. The monoisotopic (exact) mass is 498 g/mol. The van der Waals surface area contributed by atoms with Gasteiger partial charge in [0.05, 0.1) is 33.8 Å². The van der Waals surface area contributed by atoms with Crippen molar-refractivity contribution < 1.29 is 24.2 Å². The third-order valence-electron chi connectivity index (χ3n) is 6.19. The van der Waals surface area contributed by atoms with E-state index in [9.17, 15) is 34.6 Å². The summed E-state index contributed by atoms with van der Waals surface area (Å²) < 4.78 is 0. The molecule has 0 N–H and O–H groups in total. The van der Waals surface area contributed by atoms with Crippen LogP contribution in [0.4, 0.5) is 11.4 Å². The maximum atomic E-state index is 13.6. The van der Waals surface area contributed by atoms with E-state index in [1.807, 2.05) is 6.08 Å². The molecule has 1 heterocycles.